The normalized spacial score (nSPS) is 11.3. The van der Waals surface area contributed by atoms with Crippen molar-refractivity contribution in [2.75, 3.05) is 23.9 Å². The summed E-state index contributed by atoms with van der Waals surface area (Å²) in [5.41, 5.74) is -1.32. The molecule has 0 aliphatic carbocycles. The lowest BCUT2D eigenvalue weighted by molar-refractivity contribution is 0.600. The number of nitrogens with one attached hydrogen (secondary N) is 3. The van der Waals surface area contributed by atoms with Gasteiger partial charge in [0.15, 0.2) is 0 Å². The molecule has 1 aromatic rings. The Labute approximate surface area is 91.0 Å². The first kappa shape index (κ1) is 12.4. The SMILES string of the molecule is CS(=O)(=O)CCCNc1n[nH]c(=O)[nH]c1=O. The number of aromatic nitrogens is 3. The standard InChI is InChI=1S/C7H12N4O4S/c1-16(14,15)4-2-3-8-5-6(12)9-7(13)11-10-5/h2-4H2,1H3,(H,8,10)(H2,9,11,12,13). The Morgan fingerprint density at radius 2 is 2.06 bits per heavy atom. The van der Waals surface area contributed by atoms with Crippen molar-refractivity contribution >= 4 is 15.7 Å². The first-order valence-corrected chi connectivity index (χ1v) is 6.55. The van der Waals surface area contributed by atoms with Gasteiger partial charge >= 0.3 is 5.69 Å². The van der Waals surface area contributed by atoms with Gasteiger partial charge < -0.3 is 5.32 Å². The molecule has 0 amide bonds. The lowest BCUT2D eigenvalue weighted by Gasteiger charge is -2.02. The van der Waals surface area contributed by atoms with Gasteiger partial charge in [0.25, 0.3) is 5.56 Å². The maximum atomic E-state index is 11.1. The highest BCUT2D eigenvalue weighted by molar-refractivity contribution is 7.90. The zero-order valence-corrected chi connectivity index (χ0v) is 9.43. The zero-order valence-electron chi connectivity index (χ0n) is 8.61. The van der Waals surface area contributed by atoms with Crippen LogP contribution in [0.5, 0.6) is 0 Å². The fraction of sp³-hybridized carbons (Fsp3) is 0.571. The molecule has 0 saturated heterocycles. The Morgan fingerprint density at radius 3 is 2.62 bits per heavy atom. The van der Waals surface area contributed by atoms with Crippen molar-refractivity contribution in [1.29, 1.82) is 0 Å². The van der Waals surface area contributed by atoms with Gasteiger partial charge in [-0.1, -0.05) is 0 Å². The number of hydrogen-bond acceptors (Lipinski definition) is 6. The van der Waals surface area contributed by atoms with Gasteiger partial charge in [0.2, 0.25) is 5.82 Å². The summed E-state index contributed by atoms with van der Waals surface area (Å²) < 4.78 is 21.6. The van der Waals surface area contributed by atoms with Gasteiger partial charge in [0, 0.05) is 12.8 Å². The smallest absolute Gasteiger partial charge is 0.342 e. The average Bonchev–Trinajstić information content (AvgIpc) is 2.13. The summed E-state index contributed by atoms with van der Waals surface area (Å²) in [6.07, 6.45) is 1.50. The maximum absolute atomic E-state index is 11.1. The van der Waals surface area contributed by atoms with Crippen molar-refractivity contribution in [3.05, 3.63) is 20.8 Å². The van der Waals surface area contributed by atoms with Crippen LogP contribution in [0, 0.1) is 0 Å². The molecule has 0 saturated carbocycles. The summed E-state index contributed by atoms with van der Waals surface area (Å²) in [5.74, 6) is -0.00514. The highest BCUT2D eigenvalue weighted by atomic mass is 32.2. The maximum Gasteiger partial charge on any atom is 0.342 e. The van der Waals surface area contributed by atoms with Gasteiger partial charge in [-0.25, -0.2) is 18.3 Å². The summed E-state index contributed by atoms with van der Waals surface area (Å²) in [6.45, 7) is 0.287. The summed E-state index contributed by atoms with van der Waals surface area (Å²) in [7, 11) is -3.00. The van der Waals surface area contributed by atoms with Crippen molar-refractivity contribution in [3.63, 3.8) is 0 Å². The van der Waals surface area contributed by atoms with E-state index < -0.39 is 21.1 Å². The lowest BCUT2D eigenvalue weighted by atomic mass is 10.5. The van der Waals surface area contributed by atoms with E-state index >= 15 is 0 Å². The zero-order chi connectivity index (χ0) is 12.2. The summed E-state index contributed by atoms with van der Waals surface area (Å²) in [6, 6.07) is 0. The molecule has 0 spiro atoms. The van der Waals surface area contributed by atoms with Crippen molar-refractivity contribution in [2.24, 2.45) is 0 Å². The van der Waals surface area contributed by atoms with Gasteiger partial charge in [0.1, 0.15) is 9.84 Å². The van der Waals surface area contributed by atoms with Crippen molar-refractivity contribution in [2.45, 2.75) is 6.42 Å². The number of hydrogen-bond donors (Lipinski definition) is 3. The van der Waals surface area contributed by atoms with E-state index in [-0.39, 0.29) is 18.1 Å². The van der Waals surface area contributed by atoms with E-state index in [0.717, 1.165) is 6.26 Å². The molecule has 16 heavy (non-hydrogen) atoms. The minimum atomic E-state index is -3.00. The van der Waals surface area contributed by atoms with Crippen LogP contribution in [0.4, 0.5) is 5.82 Å². The van der Waals surface area contributed by atoms with Crippen LogP contribution >= 0.6 is 0 Å². The molecule has 0 fully saturated rings. The van der Waals surface area contributed by atoms with Crippen LogP contribution in [0.3, 0.4) is 0 Å². The number of rotatable bonds is 5. The van der Waals surface area contributed by atoms with E-state index in [1.165, 1.54) is 0 Å². The number of aromatic amines is 2. The van der Waals surface area contributed by atoms with Crippen LogP contribution < -0.4 is 16.6 Å². The largest absolute Gasteiger partial charge is 0.364 e. The number of sulfone groups is 1. The molecule has 1 aromatic heterocycles. The van der Waals surface area contributed by atoms with Gasteiger partial charge in [-0.3, -0.25) is 9.78 Å². The van der Waals surface area contributed by atoms with Crippen LogP contribution in [0.25, 0.3) is 0 Å². The molecule has 0 aliphatic rings. The third kappa shape index (κ3) is 4.26. The highest BCUT2D eigenvalue weighted by Crippen LogP contribution is 1.91. The lowest BCUT2D eigenvalue weighted by Crippen LogP contribution is -2.27. The Bertz CT molecular complexity index is 558. The van der Waals surface area contributed by atoms with Gasteiger partial charge in [-0.15, -0.1) is 5.10 Å². The van der Waals surface area contributed by atoms with Crippen molar-refractivity contribution in [1.82, 2.24) is 15.2 Å². The quantitative estimate of drug-likeness (QED) is 0.534. The molecule has 8 nitrogen and oxygen atoms in total. The molecule has 1 rings (SSSR count). The van der Waals surface area contributed by atoms with Crippen molar-refractivity contribution in [3.8, 4) is 0 Å². The molecule has 0 bridgehead atoms. The molecule has 0 unspecified atom stereocenters. The van der Waals surface area contributed by atoms with Crippen molar-refractivity contribution < 1.29 is 8.42 Å². The second kappa shape index (κ2) is 4.92. The van der Waals surface area contributed by atoms with Crippen LogP contribution in [0.15, 0.2) is 9.59 Å². The van der Waals surface area contributed by atoms with Gasteiger partial charge in [0.05, 0.1) is 5.75 Å². The van der Waals surface area contributed by atoms with Crippen LogP contribution in [0.2, 0.25) is 0 Å². The molecule has 9 heteroatoms. The first-order chi connectivity index (χ1) is 7.38. The third-order valence-electron chi connectivity index (χ3n) is 1.70. The molecule has 0 radical (unpaired) electrons. The minimum Gasteiger partial charge on any atom is -0.364 e. The topological polar surface area (TPSA) is 125 Å². The number of anilines is 1. The molecular weight excluding hydrogens is 236 g/mol. The fourth-order valence-electron chi connectivity index (χ4n) is 1.01. The van der Waals surface area contributed by atoms with Gasteiger partial charge in [-0.2, -0.15) is 0 Å². The third-order valence-corrected chi connectivity index (χ3v) is 2.73. The monoisotopic (exact) mass is 248 g/mol. The Balaban J connectivity index is 2.50. The molecule has 90 valence electrons. The number of H-pyrrole nitrogens is 2. The molecule has 1 heterocycles. The van der Waals surface area contributed by atoms with Crippen LogP contribution in [0.1, 0.15) is 6.42 Å². The predicted molar refractivity (Wildman–Crippen MR) is 58.3 cm³/mol. The second-order valence-electron chi connectivity index (χ2n) is 3.27. The van der Waals surface area contributed by atoms with Gasteiger partial charge in [-0.05, 0) is 6.42 Å². The van der Waals surface area contributed by atoms with E-state index in [0.29, 0.717) is 6.42 Å². The minimum absolute atomic E-state index is 0.0290. The van der Waals surface area contributed by atoms with E-state index in [4.69, 9.17) is 0 Å². The highest BCUT2D eigenvalue weighted by Gasteiger charge is 2.03. The van der Waals surface area contributed by atoms with E-state index in [1.54, 1.807) is 0 Å². The summed E-state index contributed by atoms with van der Waals surface area (Å²) >= 11 is 0. The summed E-state index contributed by atoms with van der Waals surface area (Å²) in [5, 5.41) is 8.15. The molecule has 0 aromatic carbocycles. The summed E-state index contributed by atoms with van der Waals surface area (Å²) in [4.78, 5) is 23.7. The average molecular weight is 248 g/mol. The van der Waals surface area contributed by atoms with E-state index in [2.05, 4.69) is 15.5 Å². The first-order valence-electron chi connectivity index (χ1n) is 4.49. The molecule has 3 N–H and O–H groups in total. The second-order valence-corrected chi connectivity index (χ2v) is 5.53. The van der Waals surface area contributed by atoms with Crippen LogP contribution in [-0.4, -0.2) is 42.2 Å². The predicted octanol–water partition coefficient (Wildman–Crippen LogP) is -1.70. The molecule has 0 atom stereocenters. The Morgan fingerprint density at radius 1 is 1.38 bits per heavy atom. The Kier molecular flexibility index (Phi) is 3.82. The molecular formula is C7H12N4O4S. The van der Waals surface area contributed by atoms with E-state index in [1.807, 2.05) is 4.98 Å². The fourth-order valence-corrected chi connectivity index (χ4v) is 1.68. The number of nitrogens with zero attached hydrogens (tertiary/aromatic N) is 1. The van der Waals surface area contributed by atoms with Crippen LogP contribution in [-0.2, 0) is 9.84 Å². The van der Waals surface area contributed by atoms with E-state index in [9.17, 15) is 18.0 Å². The molecule has 0 aliphatic heterocycles. The Hall–Kier alpha value is -1.64.